The number of hydrogen-bond acceptors (Lipinski definition) is 7. The number of nitrogens with zero attached hydrogens (tertiary/aromatic N) is 4. The van der Waals surface area contributed by atoms with Gasteiger partial charge in [0.1, 0.15) is 5.75 Å². The third-order valence-electron chi connectivity index (χ3n) is 4.82. The van der Waals surface area contributed by atoms with Crippen molar-refractivity contribution in [3.05, 3.63) is 72.9 Å². The summed E-state index contributed by atoms with van der Waals surface area (Å²) in [7, 11) is 0. The van der Waals surface area contributed by atoms with Crippen LogP contribution in [0, 0.1) is 0 Å². The first-order valence-electron chi connectivity index (χ1n) is 10.8. The van der Waals surface area contributed by atoms with Gasteiger partial charge in [-0.1, -0.05) is 5.16 Å². The molecule has 4 aromatic rings. The highest BCUT2D eigenvalue weighted by Gasteiger charge is 2.12. The van der Waals surface area contributed by atoms with E-state index < -0.39 is 0 Å². The highest BCUT2D eigenvalue weighted by atomic mass is 16.5. The van der Waals surface area contributed by atoms with Gasteiger partial charge in [-0.05, 0) is 61.5 Å². The van der Waals surface area contributed by atoms with Crippen LogP contribution in [0.3, 0.4) is 0 Å². The topological polar surface area (TPSA) is 124 Å². The van der Waals surface area contributed by atoms with Gasteiger partial charge in [0.15, 0.2) is 0 Å². The largest absolute Gasteiger partial charge is 0.494 e. The zero-order valence-electron chi connectivity index (χ0n) is 18.6. The van der Waals surface area contributed by atoms with Crippen LogP contribution >= 0.6 is 0 Å². The van der Waals surface area contributed by atoms with Crippen molar-refractivity contribution in [2.45, 2.75) is 19.8 Å². The van der Waals surface area contributed by atoms with Crippen LogP contribution in [0.15, 0.2) is 71.5 Å². The average Bonchev–Trinajstić information content (AvgIpc) is 3.55. The number of rotatable bonds is 10. The summed E-state index contributed by atoms with van der Waals surface area (Å²) in [5.74, 6) is 0.944. The third-order valence-corrected chi connectivity index (χ3v) is 4.82. The molecule has 0 fully saturated rings. The van der Waals surface area contributed by atoms with Gasteiger partial charge in [-0.15, -0.1) is 0 Å². The monoisotopic (exact) mass is 460 g/mol. The first kappa shape index (κ1) is 22.7. The standard InChI is InChI=1S/C24H24N6O4/c1-2-33-20-10-4-17(5-11-20)24-28-23(34-29-24)13-12-21(31)25-16-22(32)27-18-6-8-19(9-7-18)30-15-3-14-26-30/h3-11,14-15H,2,12-13,16H2,1H3,(H,25,31)(H,27,32). The van der Waals surface area contributed by atoms with Gasteiger partial charge >= 0.3 is 0 Å². The van der Waals surface area contributed by atoms with Crippen molar-refractivity contribution in [3.8, 4) is 22.8 Å². The van der Waals surface area contributed by atoms with E-state index in [0.717, 1.165) is 17.0 Å². The number of aromatic nitrogens is 4. The summed E-state index contributed by atoms with van der Waals surface area (Å²) in [5.41, 5.74) is 2.29. The smallest absolute Gasteiger partial charge is 0.243 e. The Labute approximate surface area is 195 Å². The molecule has 0 atom stereocenters. The zero-order chi connectivity index (χ0) is 23.8. The first-order chi connectivity index (χ1) is 16.6. The van der Waals surface area contributed by atoms with Gasteiger partial charge in [0, 0.05) is 36.5 Å². The van der Waals surface area contributed by atoms with Crippen LogP contribution < -0.4 is 15.4 Å². The van der Waals surface area contributed by atoms with Crippen molar-refractivity contribution in [1.29, 1.82) is 0 Å². The molecule has 0 aliphatic rings. The zero-order valence-corrected chi connectivity index (χ0v) is 18.6. The van der Waals surface area contributed by atoms with Crippen molar-refractivity contribution in [2.75, 3.05) is 18.5 Å². The molecular formula is C24H24N6O4. The van der Waals surface area contributed by atoms with E-state index in [-0.39, 0.29) is 31.2 Å². The molecule has 34 heavy (non-hydrogen) atoms. The Morgan fingerprint density at radius 2 is 1.85 bits per heavy atom. The number of aryl methyl sites for hydroxylation is 1. The van der Waals surface area contributed by atoms with Crippen LogP contribution in [0.2, 0.25) is 0 Å². The second-order valence-electron chi connectivity index (χ2n) is 7.29. The Bertz CT molecular complexity index is 1220. The molecule has 0 radical (unpaired) electrons. The van der Waals surface area contributed by atoms with E-state index in [2.05, 4.69) is 25.9 Å². The van der Waals surface area contributed by atoms with Gasteiger partial charge in [-0.3, -0.25) is 9.59 Å². The minimum atomic E-state index is -0.323. The second-order valence-corrected chi connectivity index (χ2v) is 7.29. The molecule has 2 amide bonds. The van der Waals surface area contributed by atoms with Crippen molar-refractivity contribution < 1.29 is 18.8 Å². The highest BCUT2D eigenvalue weighted by Crippen LogP contribution is 2.20. The van der Waals surface area contributed by atoms with E-state index in [1.807, 2.05) is 55.6 Å². The lowest BCUT2D eigenvalue weighted by Gasteiger charge is -2.08. The van der Waals surface area contributed by atoms with Crippen LogP contribution in [0.25, 0.3) is 17.1 Å². The van der Waals surface area contributed by atoms with Gasteiger partial charge in [-0.2, -0.15) is 10.1 Å². The minimum Gasteiger partial charge on any atom is -0.494 e. The molecule has 10 nitrogen and oxygen atoms in total. The number of anilines is 1. The van der Waals surface area contributed by atoms with Gasteiger partial charge in [-0.25, -0.2) is 4.68 Å². The molecule has 2 N–H and O–H groups in total. The van der Waals surface area contributed by atoms with E-state index in [4.69, 9.17) is 9.26 Å². The highest BCUT2D eigenvalue weighted by molar-refractivity contribution is 5.94. The molecule has 10 heteroatoms. The average molecular weight is 460 g/mol. The molecule has 0 aliphatic heterocycles. The predicted octanol–water partition coefficient (Wildman–Crippen LogP) is 3.01. The lowest BCUT2D eigenvalue weighted by atomic mass is 10.2. The molecule has 0 bridgehead atoms. The number of hydrogen-bond donors (Lipinski definition) is 2. The Morgan fingerprint density at radius 3 is 2.56 bits per heavy atom. The fraction of sp³-hybridized carbons (Fsp3) is 0.208. The number of benzene rings is 2. The number of nitrogens with one attached hydrogen (secondary N) is 2. The quantitative estimate of drug-likeness (QED) is 0.373. The molecule has 0 saturated carbocycles. The summed E-state index contributed by atoms with van der Waals surface area (Å²) >= 11 is 0. The van der Waals surface area contributed by atoms with Crippen molar-refractivity contribution in [1.82, 2.24) is 25.2 Å². The van der Waals surface area contributed by atoms with Gasteiger partial charge in [0.05, 0.1) is 18.8 Å². The Balaban J connectivity index is 1.19. The molecular weight excluding hydrogens is 436 g/mol. The molecule has 0 unspecified atom stereocenters. The number of ether oxygens (including phenoxy) is 1. The van der Waals surface area contributed by atoms with Crippen molar-refractivity contribution in [3.63, 3.8) is 0 Å². The molecule has 2 aromatic heterocycles. The van der Waals surface area contributed by atoms with E-state index in [0.29, 0.717) is 24.0 Å². The maximum absolute atomic E-state index is 12.1. The molecule has 4 rings (SSSR count). The SMILES string of the molecule is CCOc1ccc(-c2noc(CCC(=O)NCC(=O)Nc3ccc(-n4cccn4)cc3)n2)cc1. The van der Waals surface area contributed by atoms with Crippen LogP contribution in [0.1, 0.15) is 19.2 Å². The first-order valence-corrected chi connectivity index (χ1v) is 10.8. The molecule has 2 heterocycles. The lowest BCUT2D eigenvalue weighted by Crippen LogP contribution is -2.32. The number of carbonyl (C=O) groups is 2. The summed E-state index contributed by atoms with van der Waals surface area (Å²) in [6, 6.07) is 16.4. The fourth-order valence-electron chi connectivity index (χ4n) is 3.15. The molecule has 2 aromatic carbocycles. The summed E-state index contributed by atoms with van der Waals surface area (Å²) in [6.07, 6.45) is 3.92. The predicted molar refractivity (Wildman–Crippen MR) is 124 cm³/mol. The Kier molecular flexibility index (Phi) is 7.28. The summed E-state index contributed by atoms with van der Waals surface area (Å²) in [6.45, 7) is 2.38. The van der Waals surface area contributed by atoms with Crippen molar-refractivity contribution in [2.24, 2.45) is 0 Å². The summed E-state index contributed by atoms with van der Waals surface area (Å²) in [4.78, 5) is 28.6. The van der Waals surface area contributed by atoms with Crippen LogP contribution in [-0.2, 0) is 16.0 Å². The van der Waals surface area contributed by atoms with Gasteiger partial charge in [0.2, 0.25) is 23.5 Å². The third kappa shape index (κ3) is 6.06. The van der Waals surface area contributed by atoms with E-state index in [1.54, 1.807) is 23.0 Å². The van der Waals surface area contributed by atoms with Crippen LogP contribution in [0.4, 0.5) is 5.69 Å². The Hall–Kier alpha value is -4.47. The van der Waals surface area contributed by atoms with Crippen LogP contribution in [-0.4, -0.2) is 44.9 Å². The van der Waals surface area contributed by atoms with Crippen LogP contribution in [0.5, 0.6) is 5.75 Å². The molecule has 0 aliphatic carbocycles. The van der Waals surface area contributed by atoms with E-state index in [1.165, 1.54) is 0 Å². The summed E-state index contributed by atoms with van der Waals surface area (Å²) < 4.78 is 12.4. The number of amides is 2. The van der Waals surface area contributed by atoms with E-state index in [9.17, 15) is 9.59 Å². The minimum absolute atomic E-state index is 0.122. The summed E-state index contributed by atoms with van der Waals surface area (Å²) in [5, 5.41) is 13.4. The van der Waals surface area contributed by atoms with Crippen molar-refractivity contribution >= 4 is 17.5 Å². The second kappa shape index (κ2) is 10.9. The van der Waals surface area contributed by atoms with Gasteiger partial charge in [0.25, 0.3) is 0 Å². The molecule has 0 saturated heterocycles. The fourth-order valence-corrected chi connectivity index (χ4v) is 3.15. The Morgan fingerprint density at radius 1 is 1.06 bits per heavy atom. The maximum atomic E-state index is 12.1. The molecule has 174 valence electrons. The van der Waals surface area contributed by atoms with E-state index >= 15 is 0 Å². The lowest BCUT2D eigenvalue weighted by molar-refractivity contribution is -0.124. The number of carbonyl (C=O) groups excluding carboxylic acids is 2. The molecule has 0 spiro atoms. The maximum Gasteiger partial charge on any atom is 0.243 e. The normalized spacial score (nSPS) is 10.6. The van der Waals surface area contributed by atoms with Gasteiger partial charge < -0.3 is 19.9 Å².